The minimum atomic E-state index is -3.90. The summed E-state index contributed by atoms with van der Waals surface area (Å²) in [6.07, 6.45) is 2.36. The van der Waals surface area contributed by atoms with E-state index in [0.29, 0.717) is 34.0 Å². The van der Waals surface area contributed by atoms with Gasteiger partial charge in [0.25, 0.3) is 5.91 Å². The zero-order chi connectivity index (χ0) is 28.1. The first kappa shape index (κ1) is 27.8. The summed E-state index contributed by atoms with van der Waals surface area (Å²) in [5.74, 6) is 0.0877. The van der Waals surface area contributed by atoms with Gasteiger partial charge in [-0.2, -0.15) is 0 Å². The fourth-order valence-electron chi connectivity index (χ4n) is 4.62. The highest BCUT2D eigenvalue weighted by Crippen LogP contribution is 2.31. The molecule has 11 heteroatoms. The number of amides is 1. The number of carbonyl (C=O) groups is 1. The number of aromatic nitrogens is 2. The molecule has 208 valence electrons. The third-order valence-corrected chi connectivity index (χ3v) is 8.72. The van der Waals surface area contributed by atoms with Gasteiger partial charge in [0.1, 0.15) is 11.5 Å². The predicted octanol–water partition coefficient (Wildman–Crippen LogP) is 4.83. The molecule has 1 saturated heterocycles. The molecule has 2 N–H and O–H groups in total. The molecule has 3 aromatic carbocycles. The molecule has 0 aliphatic carbocycles. The van der Waals surface area contributed by atoms with Crippen molar-refractivity contribution in [1.82, 2.24) is 20.2 Å². The van der Waals surface area contributed by atoms with Crippen LogP contribution in [-0.2, 0) is 15.6 Å². The summed E-state index contributed by atoms with van der Waals surface area (Å²) in [5, 5.41) is 6.44. The molecule has 0 unspecified atom stereocenters. The van der Waals surface area contributed by atoms with E-state index < -0.39 is 15.6 Å². The maximum atomic E-state index is 13.6. The minimum absolute atomic E-state index is 0.0278. The first-order chi connectivity index (χ1) is 19.3. The van der Waals surface area contributed by atoms with Gasteiger partial charge in [0.2, 0.25) is 0 Å². The highest BCUT2D eigenvalue weighted by atomic mass is 35.5. The van der Waals surface area contributed by atoms with Crippen LogP contribution in [0.3, 0.4) is 0 Å². The zero-order valence-electron chi connectivity index (χ0n) is 22.1. The molecule has 4 aromatic rings. The Morgan fingerprint density at radius 1 is 1.00 bits per heavy atom. The van der Waals surface area contributed by atoms with Crippen molar-refractivity contribution in [3.05, 3.63) is 83.0 Å². The topological polar surface area (TPSA) is 114 Å². The lowest BCUT2D eigenvalue weighted by Crippen LogP contribution is -2.33. The number of nitrogens with zero attached hydrogens (tertiary/aromatic N) is 3. The van der Waals surface area contributed by atoms with Crippen molar-refractivity contribution in [2.24, 2.45) is 0 Å². The standard InChI is InChI=1S/C29H30ClN5O4S/c1-39-21-11-12-23(30)26(18-21)34-28-27(32-24-9-2-3-10-25(24)33-28)19-40(37,38)22-8-6-7-20(17-22)29(36)31-13-16-35-14-4-5-15-35/h2-3,6-12,17-18H,4-5,13-16,19H2,1H3,(H,31,36)(H,33,34). The average molecular weight is 580 g/mol. The number of fused-ring (bicyclic) bond motifs is 1. The fraction of sp³-hybridized carbons (Fsp3) is 0.276. The third kappa shape index (κ3) is 6.52. The molecule has 0 atom stereocenters. The molecular formula is C29H30ClN5O4S. The van der Waals surface area contributed by atoms with Crippen LogP contribution in [0, 0.1) is 0 Å². The lowest BCUT2D eigenvalue weighted by atomic mass is 10.2. The van der Waals surface area contributed by atoms with E-state index in [1.54, 1.807) is 49.6 Å². The van der Waals surface area contributed by atoms with Crippen LogP contribution in [0.1, 0.15) is 28.9 Å². The van der Waals surface area contributed by atoms with Gasteiger partial charge in [-0.1, -0.05) is 29.8 Å². The van der Waals surface area contributed by atoms with Gasteiger partial charge in [0.05, 0.1) is 39.4 Å². The molecule has 5 rings (SSSR count). The largest absolute Gasteiger partial charge is 0.497 e. The highest BCUT2D eigenvalue weighted by molar-refractivity contribution is 7.90. The van der Waals surface area contributed by atoms with Crippen molar-refractivity contribution >= 4 is 49.9 Å². The molecule has 2 heterocycles. The molecule has 1 fully saturated rings. The van der Waals surface area contributed by atoms with Crippen molar-refractivity contribution in [3.63, 3.8) is 0 Å². The van der Waals surface area contributed by atoms with E-state index in [4.69, 9.17) is 16.3 Å². The quantitative estimate of drug-likeness (QED) is 0.274. The van der Waals surface area contributed by atoms with Crippen molar-refractivity contribution < 1.29 is 17.9 Å². The SMILES string of the molecule is COc1ccc(Cl)c(Nc2nc3ccccc3nc2CS(=O)(=O)c2cccc(C(=O)NCCN3CCCC3)c2)c1. The maximum absolute atomic E-state index is 13.6. The summed E-state index contributed by atoms with van der Waals surface area (Å²) in [4.78, 5) is 24.4. The Kier molecular flexibility index (Phi) is 8.49. The molecular weight excluding hydrogens is 550 g/mol. The van der Waals surface area contributed by atoms with E-state index >= 15 is 0 Å². The summed E-state index contributed by atoms with van der Waals surface area (Å²) in [6, 6.07) is 18.4. The van der Waals surface area contributed by atoms with Crippen LogP contribution < -0.4 is 15.4 Å². The molecule has 0 bridgehead atoms. The van der Waals surface area contributed by atoms with Crippen LogP contribution >= 0.6 is 11.6 Å². The van der Waals surface area contributed by atoms with Crippen LogP contribution in [-0.4, -0.2) is 62.5 Å². The highest BCUT2D eigenvalue weighted by Gasteiger charge is 2.22. The summed E-state index contributed by atoms with van der Waals surface area (Å²) in [7, 11) is -2.35. The summed E-state index contributed by atoms with van der Waals surface area (Å²) in [5.41, 5.74) is 2.15. The first-order valence-corrected chi connectivity index (χ1v) is 15.0. The van der Waals surface area contributed by atoms with Crippen LogP contribution in [0.15, 0.2) is 71.6 Å². The Morgan fingerprint density at radius 2 is 1.75 bits per heavy atom. The predicted molar refractivity (Wildman–Crippen MR) is 156 cm³/mol. The van der Waals surface area contributed by atoms with Gasteiger partial charge in [0.15, 0.2) is 15.7 Å². The van der Waals surface area contributed by atoms with Crippen molar-refractivity contribution in [2.45, 2.75) is 23.5 Å². The normalized spacial score (nSPS) is 13.8. The average Bonchev–Trinajstić information content (AvgIpc) is 3.48. The number of likely N-dealkylation sites (tertiary alicyclic amines) is 1. The number of halogens is 1. The second-order valence-corrected chi connectivity index (χ2v) is 12.0. The number of para-hydroxylation sites is 2. The van der Waals surface area contributed by atoms with Gasteiger partial charge < -0.3 is 20.3 Å². The maximum Gasteiger partial charge on any atom is 0.251 e. The number of ether oxygens (including phenoxy) is 1. The summed E-state index contributed by atoms with van der Waals surface area (Å²) >= 11 is 6.40. The van der Waals surface area contributed by atoms with Crippen molar-refractivity contribution in [3.8, 4) is 5.75 Å². The molecule has 0 saturated carbocycles. The van der Waals surface area contributed by atoms with Gasteiger partial charge in [-0.25, -0.2) is 18.4 Å². The van der Waals surface area contributed by atoms with E-state index in [2.05, 4.69) is 25.5 Å². The third-order valence-electron chi connectivity index (χ3n) is 6.76. The smallest absolute Gasteiger partial charge is 0.251 e. The Labute approximate surface area is 238 Å². The number of sulfone groups is 1. The molecule has 1 aliphatic rings. The Morgan fingerprint density at radius 3 is 2.50 bits per heavy atom. The molecule has 1 amide bonds. The van der Waals surface area contributed by atoms with Crippen LogP contribution in [0.5, 0.6) is 5.75 Å². The Balaban J connectivity index is 1.40. The number of methoxy groups -OCH3 is 1. The number of rotatable bonds is 10. The van der Waals surface area contributed by atoms with E-state index in [9.17, 15) is 13.2 Å². The molecule has 0 spiro atoms. The van der Waals surface area contributed by atoms with Crippen LogP contribution in [0.2, 0.25) is 5.02 Å². The fourth-order valence-corrected chi connectivity index (χ4v) is 6.11. The second kappa shape index (κ2) is 12.2. The number of anilines is 2. The van der Waals surface area contributed by atoms with Gasteiger partial charge in [0, 0.05) is 24.7 Å². The zero-order valence-corrected chi connectivity index (χ0v) is 23.6. The minimum Gasteiger partial charge on any atom is -0.497 e. The van der Waals surface area contributed by atoms with Gasteiger partial charge >= 0.3 is 0 Å². The summed E-state index contributed by atoms with van der Waals surface area (Å²) in [6.45, 7) is 3.37. The number of benzene rings is 3. The van der Waals surface area contributed by atoms with Crippen LogP contribution in [0.25, 0.3) is 11.0 Å². The number of carbonyl (C=O) groups excluding carboxylic acids is 1. The van der Waals surface area contributed by atoms with Crippen LogP contribution in [0.4, 0.5) is 11.5 Å². The lowest BCUT2D eigenvalue weighted by Gasteiger charge is -2.15. The number of hydrogen-bond acceptors (Lipinski definition) is 8. The van der Waals surface area contributed by atoms with Gasteiger partial charge in [-0.3, -0.25) is 4.79 Å². The molecule has 1 aromatic heterocycles. The number of nitrogens with one attached hydrogen (secondary N) is 2. The van der Waals surface area contributed by atoms with E-state index in [1.807, 2.05) is 12.1 Å². The Bertz CT molecular complexity index is 1640. The molecule has 1 aliphatic heterocycles. The second-order valence-electron chi connectivity index (χ2n) is 9.57. The Hall–Kier alpha value is -3.73. The lowest BCUT2D eigenvalue weighted by molar-refractivity contribution is 0.0949. The molecule has 40 heavy (non-hydrogen) atoms. The molecule has 9 nitrogen and oxygen atoms in total. The van der Waals surface area contributed by atoms with Crippen molar-refractivity contribution in [1.29, 1.82) is 0 Å². The van der Waals surface area contributed by atoms with Gasteiger partial charge in [-0.15, -0.1) is 0 Å². The monoisotopic (exact) mass is 579 g/mol. The van der Waals surface area contributed by atoms with E-state index in [0.717, 1.165) is 19.6 Å². The first-order valence-electron chi connectivity index (χ1n) is 13.0. The number of hydrogen-bond donors (Lipinski definition) is 2. The van der Waals surface area contributed by atoms with E-state index in [1.165, 1.54) is 25.0 Å². The molecule has 0 radical (unpaired) electrons. The van der Waals surface area contributed by atoms with Crippen molar-refractivity contribution in [2.75, 3.05) is 38.6 Å². The van der Waals surface area contributed by atoms with Gasteiger partial charge in [-0.05, 0) is 68.4 Å². The van der Waals surface area contributed by atoms with E-state index in [-0.39, 0.29) is 27.9 Å². The summed E-state index contributed by atoms with van der Waals surface area (Å²) < 4.78 is 32.5.